The van der Waals surface area contributed by atoms with Crippen LogP contribution in [0.4, 0.5) is 0 Å². The molecule has 1 aromatic heterocycles. The number of hydrogen-bond acceptors (Lipinski definition) is 6. The molecule has 146 valence electrons. The van der Waals surface area contributed by atoms with Gasteiger partial charge in [0.15, 0.2) is 8.32 Å². The molecule has 2 N–H and O–H groups in total. The van der Waals surface area contributed by atoms with E-state index in [9.17, 15) is 14.7 Å². The van der Waals surface area contributed by atoms with Gasteiger partial charge in [-0.3, -0.25) is 14.3 Å². The van der Waals surface area contributed by atoms with Gasteiger partial charge in [0, 0.05) is 12.3 Å². The normalized spacial score (nSPS) is 32.0. The molecule has 2 aliphatic rings. The predicted molar refractivity (Wildman–Crippen MR) is 97.9 cm³/mol. The Morgan fingerprint density at radius 3 is 2.69 bits per heavy atom. The van der Waals surface area contributed by atoms with Crippen LogP contribution in [0.5, 0.6) is 0 Å². The number of aromatic nitrogens is 2. The third-order valence-corrected chi connectivity index (χ3v) is 10.4. The van der Waals surface area contributed by atoms with Crippen molar-refractivity contribution in [3.05, 3.63) is 33.1 Å². The van der Waals surface area contributed by atoms with E-state index in [0.717, 1.165) is 0 Å². The van der Waals surface area contributed by atoms with Crippen molar-refractivity contribution < 1.29 is 19.0 Å². The molecule has 26 heavy (non-hydrogen) atoms. The number of H-pyrrole nitrogens is 1. The maximum absolute atomic E-state index is 12.2. The number of aromatic amines is 1. The van der Waals surface area contributed by atoms with Crippen LogP contribution in [-0.4, -0.2) is 60.6 Å². The second-order valence-electron chi connectivity index (χ2n) is 8.69. The highest BCUT2D eigenvalue weighted by Crippen LogP contribution is 2.45. The van der Waals surface area contributed by atoms with Gasteiger partial charge in [-0.15, -0.1) is 0 Å². The number of rotatable bonds is 4. The van der Waals surface area contributed by atoms with Crippen LogP contribution in [0.2, 0.25) is 18.1 Å². The molecular weight excluding hydrogens is 356 g/mol. The highest BCUT2D eigenvalue weighted by Gasteiger charge is 2.60. The minimum absolute atomic E-state index is 0.0230. The van der Waals surface area contributed by atoms with E-state index < -0.39 is 43.4 Å². The van der Waals surface area contributed by atoms with Gasteiger partial charge < -0.3 is 19.0 Å². The highest BCUT2D eigenvalue weighted by molar-refractivity contribution is 6.74. The van der Waals surface area contributed by atoms with Crippen LogP contribution in [0.3, 0.4) is 0 Å². The summed E-state index contributed by atoms with van der Waals surface area (Å²) < 4.78 is 20.0. The molecular formula is C17H28N2O6Si. The van der Waals surface area contributed by atoms with Crippen molar-refractivity contribution in [2.24, 2.45) is 0 Å². The van der Waals surface area contributed by atoms with Gasteiger partial charge in [0.05, 0.1) is 25.9 Å². The molecule has 1 aromatic rings. The zero-order valence-corrected chi connectivity index (χ0v) is 16.9. The molecule has 0 aliphatic carbocycles. The number of ether oxygens (including phenoxy) is 2. The number of nitrogens with zero attached hydrogens (tertiary/aromatic N) is 1. The molecule has 0 aromatic carbocycles. The summed E-state index contributed by atoms with van der Waals surface area (Å²) in [5.41, 5.74) is -1.87. The SMILES string of the molecule is CC(C)(C)[Si](C)(C)O[C@H]1[C@H]2OC[C@]1(CO)OC[C@H]2n1ccc(=O)[nH]c1=O. The van der Waals surface area contributed by atoms with E-state index in [1.807, 2.05) is 0 Å². The highest BCUT2D eigenvalue weighted by atomic mass is 28.4. The summed E-state index contributed by atoms with van der Waals surface area (Å²) in [6.45, 7) is 10.9. The molecule has 9 heteroatoms. The summed E-state index contributed by atoms with van der Waals surface area (Å²) in [5.74, 6) is 0. The third-order valence-electron chi connectivity index (χ3n) is 5.96. The van der Waals surface area contributed by atoms with Gasteiger partial charge in [0.25, 0.3) is 5.56 Å². The van der Waals surface area contributed by atoms with Crippen LogP contribution < -0.4 is 11.2 Å². The zero-order valence-electron chi connectivity index (χ0n) is 15.9. The molecule has 2 fully saturated rings. The maximum atomic E-state index is 12.2. The molecule has 2 saturated heterocycles. The summed E-state index contributed by atoms with van der Waals surface area (Å²) in [6.07, 6.45) is 0.534. The van der Waals surface area contributed by atoms with Gasteiger partial charge >= 0.3 is 5.69 Å². The van der Waals surface area contributed by atoms with E-state index in [1.54, 1.807) is 0 Å². The Morgan fingerprint density at radius 1 is 1.42 bits per heavy atom. The largest absolute Gasteiger partial charge is 0.408 e. The molecule has 0 unspecified atom stereocenters. The van der Waals surface area contributed by atoms with Crippen molar-refractivity contribution in [2.75, 3.05) is 19.8 Å². The van der Waals surface area contributed by atoms with Crippen LogP contribution in [-0.2, 0) is 13.9 Å². The van der Waals surface area contributed by atoms with Gasteiger partial charge in [-0.05, 0) is 18.1 Å². The molecule has 3 heterocycles. The number of fused-ring (bicyclic) bond motifs is 2. The van der Waals surface area contributed by atoms with Gasteiger partial charge in [-0.25, -0.2) is 4.79 Å². The summed E-state index contributed by atoms with van der Waals surface area (Å²) in [7, 11) is -2.17. The average Bonchev–Trinajstić information content (AvgIpc) is 2.75. The lowest BCUT2D eigenvalue weighted by molar-refractivity contribution is -0.161. The van der Waals surface area contributed by atoms with Crippen LogP contribution in [0.15, 0.2) is 21.9 Å². The zero-order chi connectivity index (χ0) is 19.3. The summed E-state index contributed by atoms with van der Waals surface area (Å²) in [5, 5.41) is 9.98. The summed E-state index contributed by atoms with van der Waals surface area (Å²) in [6, 6.07) is 0.866. The fourth-order valence-electron chi connectivity index (χ4n) is 3.27. The summed E-state index contributed by atoms with van der Waals surface area (Å²) >= 11 is 0. The van der Waals surface area contributed by atoms with E-state index in [2.05, 4.69) is 38.8 Å². The number of nitrogens with one attached hydrogen (secondary N) is 1. The number of hydrogen-bond donors (Lipinski definition) is 2. The van der Waals surface area contributed by atoms with Crippen LogP contribution >= 0.6 is 0 Å². The van der Waals surface area contributed by atoms with Gasteiger partial charge in [-0.2, -0.15) is 0 Å². The molecule has 2 bridgehead atoms. The lowest BCUT2D eigenvalue weighted by Gasteiger charge is -2.47. The molecule has 0 spiro atoms. The first-order chi connectivity index (χ1) is 12.0. The van der Waals surface area contributed by atoms with Crippen LogP contribution in [0, 0.1) is 0 Å². The first kappa shape index (κ1) is 19.5. The van der Waals surface area contributed by atoms with Crippen molar-refractivity contribution in [2.45, 2.75) is 62.8 Å². The Hall–Kier alpha value is -1.26. The smallest absolute Gasteiger partial charge is 0.328 e. The number of aliphatic hydroxyl groups excluding tert-OH is 1. The Labute approximate surface area is 153 Å². The van der Waals surface area contributed by atoms with Crippen molar-refractivity contribution >= 4 is 8.32 Å². The Balaban J connectivity index is 1.97. The fraction of sp³-hybridized carbons (Fsp3) is 0.765. The topological polar surface area (TPSA) is 103 Å². The quantitative estimate of drug-likeness (QED) is 0.738. The van der Waals surface area contributed by atoms with Crippen molar-refractivity contribution in [1.82, 2.24) is 9.55 Å². The molecule has 0 amide bonds. The van der Waals surface area contributed by atoms with Gasteiger partial charge in [0.1, 0.15) is 17.8 Å². The second kappa shape index (κ2) is 6.41. The Kier molecular flexibility index (Phi) is 4.81. The minimum atomic E-state index is -2.17. The number of aliphatic hydroxyl groups is 1. The minimum Gasteiger partial charge on any atom is -0.408 e. The van der Waals surface area contributed by atoms with Crippen molar-refractivity contribution in [3.8, 4) is 0 Å². The predicted octanol–water partition coefficient (Wildman–Crippen LogP) is 0.628. The lowest BCUT2D eigenvalue weighted by atomic mass is 9.90. The second-order valence-corrected chi connectivity index (χ2v) is 13.4. The van der Waals surface area contributed by atoms with Crippen LogP contribution in [0.25, 0.3) is 0 Å². The van der Waals surface area contributed by atoms with E-state index in [1.165, 1.54) is 16.8 Å². The monoisotopic (exact) mass is 384 g/mol. The Morgan fingerprint density at radius 2 is 2.12 bits per heavy atom. The summed E-state index contributed by atoms with van der Waals surface area (Å²) in [4.78, 5) is 25.9. The van der Waals surface area contributed by atoms with Crippen molar-refractivity contribution in [1.29, 1.82) is 0 Å². The molecule has 3 rings (SSSR count). The maximum Gasteiger partial charge on any atom is 0.328 e. The molecule has 0 saturated carbocycles. The molecule has 8 nitrogen and oxygen atoms in total. The van der Waals surface area contributed by atoms with Gasteiger partial charge in [0.2, 0.25) is 0 Å². The molecule has 2 aliphatic heterocycles. The first-order valence-corrected chi connectivity index (χ1v) is 11.8. The fourth-order valence-corrected chi connectivity index (χ4v) is 4.60. The lowest BCUT2D eigenvalue weighted by Crippen LogP contribution is -2.62. The van der Waals surface area contributed by atoms with E-state index in [4.69, 9.17) is 13.9 Å². The van der Waals surface area contributed by atoms with E-state index in [0.29, 0.717) is 0 Å². The molecule has 4 atom stereocenters. The van der Waals surface area contributed by atoms with Crippen LogP contribution in [0.1, 0.15) is 26.8 Å². The van der Waals surface area contributed by atoms with Crippen molar-refractivity contribution in [3.63, 3.8) is 0 Å². The van der Waals surface area contributed by atoms with Gasteiger partial charge in [-0.1, -0.05) is 20.8 Å². The first-order valence-electron chi connectivity index (χ1n) is 8.86. The van der Waals surface area contributed by atoms with E-state index >= 15 is 0 Å². The van der Waals surface area contributed by atoms with E-state index in [-0.39, 0.29) is 24.9 Å². The Bertz CT molecular complexity index is 782. The third kappa shape index (κ3) is 3.11. The molecule has 0 radical (unpaired) electrons. The average molecular weight is 385 g/mol. The standard InChI is InChI=1S/C17H28N2O6Si/c1-16(2,3)26(4,5)25-14-13-11(8-24-17(14,9-20)10-23-13)19-7-6-12(21)18-15(19)22/h6-7,11,13-14,20H,8-10H2,1-5H3,(H,18,21,22)/t11-,13+,14+,17+/m1/s1.